The smallest absolute Gasteiger partial charge is 0.232 e. The van der Waals surface area contributed by atoms with Crippen LogP contribution in [0.15, 0.2) is 24.3 Å². The summed E-state index contributed by atoms with van der Waals surface area (Å²) >= 11 is 0. The molecular formula is C15H15N3O. The van der Waals surface area contributed by atoms with Crippen LogP contribution in [0, 0.1) is 25.2 Å². The van der Waals surface area contributed by atoms with Gasteiger partial charge in [0.1, 0.15) is 11.8 Å². The van der Waals surface area contributed by atoms with Crippen molar-refractivity contribution in [3.63, 3.8) is 0 Å². The second-order valence-electron chi connectivity index (χ2n) is 4.24. The third-order valence-corrected chi connectivity index (χ3v) is 2.72. The lowest BCUT2D eigenvalue weighted by atomic mass is 10.1. The van der Waals surface area contributed by atoms with E-state index in [1.165, 1.54) is 0 Å². The van der Waals surface area contributed by atoms with Crippen molar-refractivity contribution in [3.05, 3.63) is 41.3 Å². The lowest BCUT2D eigenvalue weighted by Gasteiger charge is -2.09. The van der Waals surface area contributed by atoms with Crippen molar-refractivity contribution in [2.24, 2.45) is 0 Å². The molecule has 0 spiro atoms. The largest absolute Gasteiger partial charge is 0.494 e. The minimum absolute atomic E-state index is 0.196. The average molecular weight is 253 g/mol. The van der Waals surface area contributed by atoms with Gasteiger partial charge in [-0.3, -0.25) is 0 Å². The van der Waals surface area contributed by atoms with Crippen LogP contribution in [0.25, 0.3) is 11.3 Å². The first kappa shape index (κ1) is 13.0. The van der Waals surface area contributed by atoms with E-state index in [0.29, 0.717) is 6.61 Å². The molecule has 2 aromatic rings. The molecule has 1 heterocycles. The monoisotopic (exact) mass is 253 g/mol. The lowest BCUT2D eigenvalue weighted by molar-refractivity contribution is 0.338. The van der Waals surface area contributed by atoms with Crippen molar-refractivity contribution < 1.29 is 4.74 Å². The first-order valence-corrected chi connectivity index (χ1v) is 6.13. The van der Waals surface area contributed by atoms with E-state index >= 15 is 0 Å². The molecule has 0 N–H and O–H groups in total. The van der Waals surface area contributed by atoms with Gasteiger partial charge in [0.15, 0.2) is 0 Å². The number of aromatic nitrogens is 2. The summed E-state index contributed by atoms with van der Waals surface area (Å²) in [5.41, 5.74) is 3.56. The Morgan fingerprint density at radius 1 is 1.21 bits per heavy atom. The maximum Gasteiger partial charge on any atom is 0.232 e. The number of aryl methyl sites for hydroxylation is 2. The molecule has 0 radical (unpaired) electrons. The highest BCUT2D eigenvalue weighted by Crippen LogP contribution is 2.25. The molecule has 1 aromatic carbocycles. The summed E-state index contributed by atoms with van der Waals surface area (Å²) in [5, 5.41) is 8.91. The van der Waals surface area contributed by atoms with Gasteiger partial charge in [-0.1, -0.05) is 0 Å². The molecule has 0 saturated carbocycles. The predicted molar refractivity (Wildman–Crippen MR) is 72.8 cm³/mol. The first-order valence-electron chi connectivity index (χ1n) is 6.13. The topological polar surface area (TPSA) is 58.8 Å². The highest BCUT2D eigenvalue weighted by atomic mass is 16.5. The van der Waals surface area contributed by atoms with Gasteiger partial charge in [-0.15, -0.1) is 0 Å². The van der Waals surface area contributed by atoms with Crippen molar-refractivity contribution in [2.75, 3.05) is 6.61 Å². The Bertz CT molecular complexity index is 644. The van der Waals surface area contributed by atoms with Gasteiger partial charge in [-0.2, -0.15) is 5.26 Å². The van der Waals surface area contributed by atoms with Gasteiger partial charge in [-0.05, 0) is 50.6 Å². The number of benzene rings is 1. The molecule has 0 amide bonds. The van der Waals surface area contributed by atoms with Crippen LogP contribution < -0.4 is 4.74 Å². The number of ether oxygens (including phenoxy) is 1. The summed E-state index contributed by atoms with van der Waals surface area (Å²) < 4.78 is 5.51. The van der Waals surface area contributed by atoms with E-state index < -0.39 is 0 Å². The second kappa shape index (κ2) is 5.49. The predicted octanol–water partition coefficient (Wildman–Crippen LogP) is 3.03. The number of hydrogen-bond donors (Lipinski definition) is 0. The number of nitriles is 1. The second-order valence-corrected chi connectivity index (χ2v) is 4.24. The van der Waals surface area contributed by atoms with Gasteiger partial charge < -0.3 is 4.74 Å². The molecule has 0 atom stereocenters. The third kappa shape index (κ3) is 2.89. The third-order valence-electron chi connectivity index (χ3n) is 2.72. The highest BCUT2D eigenvalue weighted by molar-refractivity contribution is 5.62. The van der Waals surface area contributed by atoms with Crippen LogP contribution >= 0.6 is 0 Å². The van der Waals surface area contributed by atoms with Crippen LogP contribution in [0.3, 0.4) is 0 Å². The first-order chi connectivity index (χ1) is 9.13. The highest BCUT2D eigenvalue weighted by Gasteiger charge is 2.07. The zero-order valence-corrected chi connectivity index (χ0v) is 11.3. The van der Waals surface area contributed by atoms with E-state index in [9.17, 15) is 0 Å². The molecule has 4 nitrogen and oxygen atoms in total. The average Bonchev–Trinajstić information content (AvgIpc) is 2.40. The summed E-state index contributed by atoms with van der Waals surface area (Å²) in [5.74, 6) is 1.07. The summed E-state index contributed by atoms with van der Waals surface area (Å²) in [6, 6.07) is 9.73. The van der Waals surface area contributed by atoms with Crippen LogP contribution in [-0.2, 0) is 0 Å². The van der Waals surface area contributed by atoms with E-state index in [1.807, 2.05) is 51.1 Å². The van der Waals surface area contributed by atoms with E-state index in [4.69, 9.17) is 10.00 Å². The Kier molecular flexibility index (Phi) is 3.76. The molecule has 0 saturated heterocycles. The number of nitrogens with zero attached hydrogens (tertiary/aromatic N) is 3. The molecular weight excluding hydrogens is 238 g/mol. The Morgan fingerprint density at radius 3 is 2.63 bits per heavy atom. The van der Waals surface area contributed by atoms with Crippen LogP contribution in [-0.4, -0.2) is 16.6 Å². The van der Waals surface area contributed by atoms with E-state index in [2.05, 4.69) is 9.97 Å². The lowest BCUT2D eigenvalue weighted by Crippen LogP contribution is -1.97. The van der Waals surface area contributed by atoms with Gasteiger partial charge in [-0.25, -0.2) is 9.97 Å². The van der Waals surface area contributed by atoms with Crippen LogP contribution in [0.5, 0.6) is 5.75 Å². The van der Waals surface area contributed by atoms with Crippen LogP contribution in [0.1, 0.15) is 24.0 Å². The molecule has 0 aliphatic heterocycles. The zero-order chi connectivity index (χ0) is 13.8. The van der Waals surface area contributed by atoms with E-state index in [1.54, 1.807) is 0 Å². The minimum atomic E-state index is 0.196. The van der Waals surface area contributed by atoms with Gasteiger partial charge in [0.25, 0.3) is 0 Å². The number of rotatable bonds is 3. The maximum atomic E-state index is 8.91. The Labute approximate surface area is 112 Å². The summed E-state index contributed by atoms with van der Waals surface area (Å²) in [6.07, 6.45) is 0. The SMILES string of the molecule is CCOc1ccc(-c2cc(C)nc(C#N)n2)cc1C. The summed E-state index contributed by atoms with van der Waals surface area (Å²) in [7, 11) is 0. The van der Waals surface area contributed by atoms with Gasteiger partial charge in [0.2, 0.25) is 5.82 Å². The summed E-state index contributed by atoms with van der Waals surface area (Å²) in [6.45, 7) is 6.45. The molecule has 19 heavy (non-hydrogen) atoms. The molecule has 96 valence electrons. The summed E-state index contributed by atoms with van der Waals surface area (Å²) in [4.78, 5) is 8.28. The van der Waals surface area contributed by atoms with Gasteiger partial charge >= 0.3 is 0 Å². The Hall–Kier alpha value is -2.41. The molecule has 2 rings (SSSR count). The molecule has 0 bridgehead atoms. The van der Waals surface area contributed by atoms with Crippen LogP contribution in [0.4, 0.5) is 0 Å². The molecule has 4 heteroatoms. The number of hydrogen-bond acceptors (Lipinski definition) is 4. The fourth-order valence-corrected chi connectivity index (χ4v) is 1.89. The van der Waals surface area contributed by atoms with E-state index in [0.717, 1.165) is 28.3 Å². The van der Waals surface area contributed by atoms with Gasteiger partial charge in [0, 0.05) is 11.3 Å². The van der Waals surface area contributed by atoms with Crippen molar-refractivity contribution in [1.29, 1.82) is 5.26 Å². The van der Waals surface area contributed by atoms with Crippen molar-refractivity contribution in [1.82, 2.24) is 9.97 Å². The van der Waals surface area contributed by atoms with Crippen molar-refractivity contribution in [2.45, 2.75) is 20.8 Å². The van der Waals surface area contributed by atoms with Crippen LogP contribution in [0.2, 0.25) is 0 Å². The molecule has 0 fully saturated rings. The fourth-order valence-electron chi connectivity index (χ4n) is 1.89. The van der Waals surface area contributed by atoms with Crippen molar-refractivity contribution >= 4 is 0 Å². The fraction of sp³-hybridized carbons (Fsp3) is 0.267. The zero-order valence-electron chi connectivity index (χ0n) is 11.3. The van der Waals surface area contributed by atoms with Crippen molar-refractivity contribution in [3.8, 4) is 23.1 Å². The molecule has 0 aliphatic carbocycles. The Balaban J connectivity index is 2.45. The Morgan fingerprint density at radius 2 is 2.00 bits per heavy atom. The normalized spacial score (nSPS) is 10.0. The minimum Gasteiger partial charge on any atom is -0.494 e. The molecule has 0 unspecified atom stereocenters. The van der Waals surface area contributed by atoms with Gasteiger partial charge in [0.05, 0.1) is 12.3 Å². The molecule has 1 aromatic heterocycles. The quantitative estimate of drug-likeness (QED) is 0.843. The maximum absolute atomic E-state index is 8.91. The standard InChI is InChI=1S/C15H15N3O/c1-4-19-14-6-5-12(7-10(14)2)13-8-11(3)17-15(9-16)18-13/h5-8H,4H2,1-3H3. The van der Waals surface area contributed by atoms with E-state index in [-0.39, 0.29) is 5.82 Å². The molecule has 0 aliphatic rings.